The Hall–Kier alpha value is -2.31. The minimum Gasteiger partial charge on any atom is -0.478 e. The van der Waals surface area contributed by atoms with E-state index >= 15 is 0 Å². The van der Waals surface area contributed by atoms with Gasteiger partial charge in [0.1, 0.15) is 5.75 Å². The van der Waals surface area contributed by atoms with Gasteiger partial charge in [0, 0.05) is 23.2 Å². The summed E-state index contributed by atoms with van der Waals surface area (Å²) in [5.41, 5.74) is -0.523. The van der Waals surface area contributed by atoms with Crippen LogP contribution in [0.1, 0.15) is 10.4 Å². The molecule has 21 heavy (non-hydrogen) atoms. The van der Waals surface area contributed by atoms with Crippen molar-refractivity contribution in [2.75, 3.05) is 0 Å². The van der Waals surface area contributed by atoms with Crippen LogP contribution in [0.4, 0.5) is 5.69 Å². The van der Waals surface area contributed by atoms with Gasteiger partial charge in [-0.25, -0.2) is 4.79 Å². The van der Waals surface area contributed by atoms with E-state index in [1.54, 1.807) is 0 Å². The zero-order chi connectivity index (χ0) is 15.6. The number of nitrogens with zero attached hydrogens (tertiary/aromatic N) is 1. The van der Waals surface area contributed by atoms with Crippen molar-refractivity contribution in [1.82, 2.24) is 0 Å². The number of carboxylic acids is 1. The summed E-state index contributed by atoms with van der Waals surface area (Å²) in [6.45, 7) is 0. The Morgan fingerprint density at radius 3 is 2.48 bits per heavy atom. The van der Waals surface area contributed by atoms with Gasteiger partial charge in [0.25, 0.3) is 0 Å². The first-order valence-corrected chi connectivity index (χ1v) is 6.28. The number of ether oxygens (including phenoxy) is 1. The van der Waals surface area contributed by atoms with E-state index in [0.717, 1.165) is 18.2 Å². The van der Waals surface area contributed by atoms with E-state index in [0.29, 0.717) is 5.02 Å². The van der Waals surface area contributed by atoms with Crippen LogP contribution in [0.5, 0.6) is 11.5 Å². The molecular weight excluding hydrogens is 321 g/mol. The summed E-state index contributed by atoms with van der Waals surface area (Å²) in [7, 11) is 0. The maximum atomic E-state index is 11.0. The number of rotatable bonds is 4. The molecule has 0 aliphatic carbocycles. The molecule has 2 aromatic rings. The molecule has 0 atom stereocenters. The predicted octanol–water partition coefficient (Wildman–Crippen LogP) is 4.39. The maximum Gasteiger partial charge on any atom is 0.335 e. The highest BCUT2D eigenvalue weighted by Crippen LogP contribution is 2.36. The second-order valence-corrected chi connectivity index (χ2v) is 4.77. The van der Waals surface area contributed by atoms with Crippen LogP contribution in [0.15, 0.2) is 36.4 Å². The van der Waals surface area contributed by atoms with Gasteiger partial charge in [-0.1, -0.05) is 23.2 Å². The third-order valence-electron chi connectivity index (χ3n) is 2.52. The minimum atomic E-state index is -1.23. The normalized spacial score (nSPS) is 10.2. The molecular formula is C13H7Cl2NO5. The zero-order valence-electron chi connectivity index (χ0n) is 10.2. The second kappa shape index (κ2) is 5.99. The molecule has 0 unspecified atom stereocenters. The van der Waals surface area contributed by atoms with Crippen LogP contribution in [0.25, 0.3) is 0 Å². The molecule has 0 heterocycles. The topological polar surface area (TPSA) is 89.7 Å². The fraction of sp³-hybridized carbons (Fsp3) is 0. The lowest BCUT2D eigenvalue weighted by molar-refractivity contribution is -0.385. The van der Waals surface area contributed by atoms with Crippen LogP contribution in [0, 0.1) is 10.1 Å². The maximum absolute atomic E-state index is 11.0. The Kier molecular flexibility index (Phi) is 4.30. The molecule has 0 aromatic heterocycles. The lowest BCUT2D eigenvalue weighted by atomic mass is 10.2. The molecule has 0 aliphatic heterocycles. The highest BCUT2D eigenvalue weighted by atomic mass is 35.5. The van der Waals surface area contributed by atoms with E-state index in [1.807, 2.05) is 0 Å². The number of carboxylic acid groups (broad SMARTS) is 1. The molecule has 0 bridgehead atoms. The van der Waals surface area contributed by atoms with Crippen LogP contribution in [-0.2, 0) is 0 Å². The lowest BCUT2D eigenvalue weighted by Crippen LogP contribution is -1.99. The number of nitro benzene ring substituents is 1. The largest absolute Gasteiger partial charge is 0.478 e. The van der Waals surface area contributed by atoms with Crippen LogP contribution < -0.4 is 4.74 Å². The van der Waals surface area contributed by atoms with Gasteiger partial charge in [-0.05, 0) is 18.2 Å². The molecule has 8 heteroatoms. The van der Waals surface area contributed by atoms with E-state index in [1.165, 1.54) is 18.2 Å². The zero-order valence-corrected chi connectivity index (χ0v) is 11.8. The van der Waals surface area contributed by atoms with E-state index < -0.39 is 10.9 Å². The standard InChI is InChI=1S/C13H7Cl2NO5/c14-8-2-3-9(15)11(6-8)21-12-5-7(13(17)18)1-4-10(12)16(19)20/h1-6H,(H,17,18). The Balaban J connectivity index is 2.50. The summed E-state index contributed by atoms with van der Waals surface area (Å²) >= 11 is 11.7. The summed E-state index contributed by atoms with van der Waals surface area (Å²) < 4.78 is 5.35. The number of nitro groups is 1. The van der Waals surface area contributed by atoms with Crippen molar-refractivity contribution >= 4 is 34.9 Å². The number of carbonyl (C=O) groups is 1. The van der Waals surface area contributed by atoms with Crippen LogP contribution in [0.3, 0.4) is 0 Å². The Bertz CT molecular complexity index is 732. The van der Waals surface area contributed by atoms with Crippen molar-refractivity contribution in [1.29, 1.82) is 0 Å². The summed E-state index contributed by atoms with van der Waals surface area (Å²) in [6.07, 6.45) is 0. The molecule has 0 saturated carbocycles. The number of hydrogen-bond acceptors (Lipinski definition) is 4. The smallest absolute Gasteiger partial charge is 0.335 e. The van der Waals surface area contributed by atoms with Gasteiger partial charge in [-0.3, -0.25) is 10.1 Å². The van der Waals surface area contributed by atoms with Crippen LogP contribution in [0.2, 0.25) is 10.0 Å². The quantitative estimate of drug-likeness (QED) is 0.664. The average molecular weight is 328 g/mol. The summed E-state index contributed by atoms with van der Waals surface area (Å²) in [5, 5.41) is 20.4. The van der Waals surface area contributed by atoms with Crippen molar-refractivity contribution < 1.29 is 19.6 Å². The van der Waals surface area contributed by atoms with Crippen molar-refractivity contribution in [3.63, 3.8) is 0 Å². The van der Waals surface area contributed by atoms with Gasteiger partial charge in [-0.15, -0.1) is 0 Å². The SMILES string of the molecule is O=C(O)c1ccc([N+](=O)[O-])c(Oc2cc(Cl)ccc2Cl)c1. The molecule has 0 spiro atoms. The number of aromatic carboxylic acids is 1. The lowest BCUT2D eigenvalue weighted by Gasteiger charge is -2.09. The van der Waals surface area contributed by atoms with Crippen molar-refractivity contribution in [2.24, 2.45) is 0 Å². The molecule has 0 radical (unpaired) electrons. The Morgan fingerprint density at radius 1 is 1.14 bits per heavy atom. The van der Waals surface area contributed by atoms with Gasteiger partial charge in [0.15, 0.2) is 0 Å². The third kappa shape index (κ3) is 3.42. The average Bonchev–Trinajstić information content (AvgIpc) is 2.42. The molecule has 2 rings (SSSR count). The molecule has 0 saturated heterocycles. The highest BCUT2D eigenvalue weighted by molar-refractivity contribution is 6.34. The molecule has 108 valence electrons. The molecule has 2 aromatic carbocycles. The van der Waals surface area contributed by atoms with Crippen molar-refractivity contribution in [3.8, 4) is 11.5 Å². The number of halogens is 2. The van der Waals surface area contributed by atoms with Gasteiger partial charge >= 0.3 is 11.7 Å². The number of hydrogen-bond donors (Lipinski definition) is 1. The Morgan fingerprint density at radius 2 is 1.86 bits per heavy atom. The van der Waals surface area contributed by atoms with Crippen molar-refractivity contribution in [2.45, 2.75) is 0 Å². The molecule has 0 fully saturated rings. The Labute approximate surface area is 128 Å². The minimum absolute atomic E-state index is 0.0924. The monoisotopic (exact) mass is 327 g/mol. The fourth-order valence-electron chi connectivity index (χ4n) is 1.55. The molecule has 0 aliphatic rings. The van der Waals surface area contributed by atoms with Crippen LogP contribution in [-0.4, -0.2) is 16.0 Å². The molecule has 0 amide bonds. The summed E-state index contributed by atoms with van der Waals surface area (Å²) in [6, 6.07) is 7.59. The second-order valence-electron chi connectivity index (χ2n) is 3.92. The first kappa shape index (κ1) is 15.1. The molecule has 6 nitrogen and oxygen atoms in total. The third-order valence-corrected chi connectivity index (χ3v) is 3.06. The van der Waals surface area contributed by atoms with Gasteiger partial charge in [0.05, 0.1) is 15.5 Å². The molecule has 1 N–H and O–H groups in total. The first-order valence-electron chi connectivity index (χ1n) is 5.53. The van der Waals surface area contributed by atoms with E-state index in [9.17, 15) is 14.9 Å². The van der Waals surface area contributed by atoms with Gasteiger partial charge in [0.2, 0.25) is 5.75 Å². The first-order chi connectivity index (χ1) is 9.88. The number of benzene rings is 2. The van der Waals surface area contributed by atoms with Gasteiger partial charge in [-0.2, -0.15) is 0 Å². The fourth-order valence-corrected chi connectivity index (χ4v) is 1.87. The van der Waals surface area contributed by atoms with E-state index in [2.05, 4.69) is 0 Å². The van der Waals surface area contributed by atoms with Gasteiger partial charge < -0.3 is 9.84 Å². The van der Waals surface area contributed by atoms with E-state index in [4.69, 9.17) is 33.0 Å². The predicted molar refractivity (Wildman–Crippen MR) is 76.6 cm³/mol. The summed E-state index contributed by atoms with van der Waals surface area (Å²) in [4.78, 5) is 21.2. The van der Waals surface area contributed by atoms with Crippen LogP contribution >= 0.6 is 23.2 Å². The van der Waals surface area contributed by atoms with Crippen molar-refractivity contribution in [3.05, 3.63) is 62.1 Å². The van der Waals surface area contributed by atoms with E-state index in [-0.39, 0.29) is 27.8 Å². The highest BCUT2D eigenvalue weighted by Gasteiger charge is 2.19. The summed E-state index contributed by atoms with van der Waals surface area (Å²) in [5.74, 6) is -1.37.